The van der Waals surface area contributed by atoms with Crippen LogP contribution in [0.15, 0.2) is 30.5 Å². The summed E-state index contributed by atoms with van der Waals surface area (Å²) in [6, 6.07) is 8.36. The van der Waals surface area contributed by atoms with Crippen LogP contribution in [0.3, 0.4) is 0 Å². The number of thiophene rings is 1. The summed E-state index contributed by atoms with van der Waals surface area (Å²) in [5.74, 6) is 1.74. The predicted octanol–water partition coefficient (Wildman–Crippen LogP) is 2.96. The van der Waals surface area contributed by atoms with E-state index in [1.807, 2.05) is 43.5 Å². The standard InChI is InChI=1S/C26H33N7O2S/c1-26(2,34)17-32-8-6-31(7-9-32)16-18-14-22-23(36-18)25(33-10-12-35-13-11-33)29-24(28-22)19-4-3-5-21-20(19)15-27-30-21/h3-5,14-15,34H,6-13,16-17H2,1-2H3,(H,27,30). The minimum atomic E-state index is -0.652. The van der Waals surface area contributed by atoms with E-state index in [2.05, 4.69) is 37.0 Å². The Morgan fingerprint density at radius 1 is 1.06 bits per heavy atom. The first-order valence-corrected chi connectivity index (χ1v) is 13.5. The van der Waals surface area contributed by atoms with Crippen LogP contribution < -0.4 is 4.90 Å². The Morgan fingerprint density at radius 2 is 1.83 bits per heavy atom. The lowest BCUT2D eigenvalue weighted by Crippen LogP contribution is -2.50. The molecule has 4 aromatic rings. The van der Waals surface area contributed by atoms with Crippen molar-refractivity contribution < 1.29 is 9.84 Å². The van der Waals surface area contributed by atoms with Crippen molar-refractivity contribution in [3.8, 4) is 11.4 Å². The Labute approximate surface area is 214 Å². The van der Waals surface area contributed by atoms with E-state index < -0.39 is 5.60 Å². The van der Waals surface area contributed by atoms with Gasteiger partial charge < -0.3 is 14.7 Å². The number of piperazine rings is 1. The van der Waals surface area contributed by atoms with Gasteiger partial charge in [0.25, 0.3) is 0 Å². The molecule has 2 saturated heterocycles. The molecule has 0 saturated carbocycles. The molecule has 190 valence electrons. The number of benzene rings is 1. The number of aromatic amines is 1. The summed E-state index contributed by atoms with van der Waals surface area (Å²) >= 11 is 1.81. The average Bonchev–Trinajstić information content (AvgIpc) is 3.51. The van der Waals surface area contributed by atoms with Crippen LogP contribution in [-0.4, -0.2) is 99.7 Å². The number of nitrogens with zero attached hydrogens (tertiary/aromatic N) is 6. The molecule has 36 heavy (non-hydrogen) atoms. The lowest BCUT2D eigenvalue weighted by Gasteiger charge is -2.37. The Kier molecular flexibility index (Phi) is 6.38. The number of hydrogen-bond donors (Lipinski definition) is 2. The topological polar surface area (TPSA) is 93.6 Å². The van der Waals surface area contributed by atoms with E-state index in [0.717, 1.165) is 84.1 Å². The number of H-pyrrole nitrogens is 1. The summed E-state index contributed by atoms with van der Waals surface area (Å²) in [5, 5.41) is 18.5. The zero-order valence-electron chi connectivity index (χ0n) is 20.9. The number of fused-ring (bicyclic) bond motifs is 2. The van der Waals surface area contributed by atoms with Crippen molar-refractivity contribution in [1.82, 2.24) is 30.0 Å². The summed E-state index contributed by atoms with van der Waals surface area (Å²) in [6.45, 7) is 12.4. The number of ether oxygens (including phenoxy) is 1. The Hall–Kier alpha value is -2.63. The van der Waals surface area contributed by atoms with Crippen LogP contribution in [0.5, 0.6) is 0 Å². The summed E-state index contributed by atoms with van der Waals surface area (Å²) in [6.07, 6.45) is 1.85. The second kappa shape index (κ2) is 9.68. The molecule has 10 heteroatoms. The molecule has 0 amide bonds. The molecule has 2 aliphatic heterocycles. The third kappa shape index (κ3) is 4.96. The molecule has 9 nitrogen and oxygen atoms in total. The van der Waals surface area contributed by atoms with Gasteiger partial charge in [0.1, 0.15) is 0 Å². The zero-order chi connectivity index (χ0) is 24.7. The third-order valence-corrected chi connectivity index (χ3v) is 8.00. The molecule has 0 aliphatic carbocycles. The number of nitrogens with one attached hydrogen (secondary N) is 1. The fraction of sp³-hybridized carbons (Fsp3) is 0.500. The van der Waals surface area contributed by atoms with Crippen molar-refractivity contribution in [3.05, 3.63) is 35.3 Å². The van der Waals surface area contributed by atoms with Gasteiger partial charge in [-0.1, -0.05) is 12.1 Å². The van der Waals surface area contributed by atoms with Crippen LogP contribution in [0.2, 0.25) is 0 Å². The molecule has 3 aromatic heterocycles. The highest BCUT2D eigenvalue weighted by Gasteiger charge is 2.25. The molecular weight excluding hydrogens is 474 g/mol. The monoisotopic (exact) mass is 507 g/mol. The minimum absolute atomic E-state index is 0.652. The van der Waals surface area contributed by atoms with Crippen molar-refractivity contribution in [1.29, 1.82) is 0 Å². The summed E-state index contributed by atoms with van der Waals surface area (Å²) in [7, 11) is 0. The van der Waals surface area contributed by atoms with Crippen molar-refractivity contribution in [2.45, 2.75) is 26.0 Å². The fourth-order valence-corrected chi connectivity index (χ4v) is 6.34. The van der Waals surface area contributed by atoms with Gasteiger partial charge in [0.2, 0.25) is 0 Å². The van der Waals surface area contributed by atoms with E-state index >= 15 is 0 Å². The Balaban J connectivity index is 1.30. The van der Waals surface area contributed by atoms with Gasteiger partial charge in [-0.25, -0.2) is 9.97 Å². The molecule has 6 rings (SSSR count). The molecule has 0 radical (unpaired) electrons. The van der Waals surface area contributed by atoms with Crippen LogP contribution in [0.4, 0.5) is 5.82 Å². The molecular formula is C26H33N7O2S. The molecule has 1 aromatic carbocycles. The van der Waals surface area contributed by atoms with Gasteiger partial charge in [-0.2, -0.15) is 5.10 Å². The summed E-state index contributed by atoms with van der Waals surface area (Å²) in [5.41, 5.74) is 2.33. The highest BCUT2D eigenvalue weighted by Crippen LogP contribution is 2.36. The van der Waals surface area contributed by atoms with Crippen molar-refractivity contribution in [2.75, 3.05) is 63.9 Å². The average molecular weight is 508 g/mol. The molecule has 5 heterocycles. The normalized spacial score (nSPS) is 18.5. The minimum Gasteiger partial charge on any atom is -0.389 e. The highest BCUT2D eigenvalue weighted by atomic mass is 32.1. The predicted molar refractivity (Wildman–Crippen MR) is 144 cm³/mol. The van der Waals surface area contributed by atoms with Crippen LogP contribution >= 0.6 is 11.3 Å². The number of anilines is 1. The van der Waals surface area contributed by atoms with Gasteiger partial charge in [-0.05, 0) is 26.0 Å². The number of aliphatic hydroxyl groups is 1. The molecule has 0 spiro atoms. The highest BCUT2D eigenvalue weighted by molar-refractivity contribution is 7.19. The van der Waals surface area contributed by atoms with E-state index in [1.165, 1.54) is 4.88 Å². The first-order chi connectivity index (χ1) is 17.4. The van der Waals surface area contributed by atoms with Gasteiger partial charge in [0.15, 0.2) is 11.6 Å². The van der Waals surface area contributed by atoms with Gasteiger partial charge in [0.05, 0.1) is 40.7 Å². The van der Waals surface area contributed by atoms with Crippen LogP contribution in [0, 0.1) is 0 Å². The lowest BCUT2D eigenvalue weighted by atomic mass is 10.1. The first kappa shape index (κ1) is 23.7. The maximum Gasteiger partial charge on any atom is 0.162 e. The molecule has 0 bridgehead atoms. The number of aromatic nitrogens is 4. The largest absolute Gasteiger partial charge is 0.389 e. The summed E-state index contributed by atoms with van der Waals surface area (Å²) < 4.78 is 6.77. The number of rotatable bonds is 6. The molecule has 2 N–H and O–H groups in total. The van der Waals surface area contributed by atoms with E-state index in [9.17, 15) is 5.11 Å². The first-order valence-electron chi connectivity index (χ1n) is 12.7. The van der Waals surface area contributed by atoms with Crippen LogP contribution in [0.1, 0.15) is 18.7 Å². The van der Waals surface area contributed by atoms with E-state index in [1.54, 1.807) is 0 Å². The molecule has 0 atom stereocenters. The van der Waals surface area contributed by atoms with E-state index in [4.69, 9.17) is 14.7 Å². The Morgan fingerprint density at radius 3 is 2.61 bits per heavy atom. The van der Waals surface area contributed by atoms with Crippen molar-refractivity contribution >= 4 is 38.3 Å². The Bertz CT molecular complexity index is 1350. The molecule has 2 fully saturated rings. The smallest absolute Gasteiger partial charge is 0.162 e. The SMILES string of the molecule is CC(C)(O)CN1CCN(Cc2cc3nc(-c4cccc5[nH]ncc45)nc(N4CCOCC4)c3s2)CC1. The lowest BCUT2D eigenvalue weighted by molar-refractivity contribution is 0.0168. The van der Waals surface area contributed by atoms with Gasteiger partial charge in [-0.3, -0.25) is 14.9 Å². The molecule has 2 aliphatic rings. The van der Waals surface area contributed by atoms with Crippen LogP contribution in [0.25, 0.3) is 32.5 Å². The maximum absolute atomic E-state index is 10.2. The summed E-state index contributed by atoms with van der Waals surface area (Å²) in [4.78, 5) is 18.7. The number of morpholine rings is 1. The van der Waals surface area contributed by atoms with Crippen molar-refractivity contribution in [3.63, 3.8) is 0 Å². The van der Waals surface area contributed by atoms with Gasteiger partial charge in [-0.15, -0.1) is 11.3 Å². The fourth-order valence-electron chi connectivity index (χ4n) is 5.19. The van der Waals surface area contributed by atoms with Crippen LogP contribution in [-0.2, 0) is 11.3 Å². The van der Waals surface area contributed by atoms with Crippen molar-refractivity contribution in [2.24, 2.45) is 0 Å². The quantitative estimate of drug-likeness (QED) is 0.412. The van der Waals surface area contributed by atoms with Gasteiger partial charge in [0, 0.05) is 68.2 Å². The maximum atomic E-state index is 10.2. The number of hydrogen-bond acceptors (Lipinski definition) is 9. The van der Waals surface area contributed by atoms with E-state index in [0.29, 0.717) is 19.8 Å². The van der Waals surface area contributed by atoms with Gasteiger partial charge >= 0.3 is 0 Å². The van der Waals surface area contributed by atoms with E-state index in [-0.39, 0.29) is 0 Å². The molecule has 0 unspecified atom stereocenters. The second-order valence-corrected chi connectivity index (χ2v) is 11.5. The second-order valence-electron chi connectivity index (χ2n) is 10.4. The zero-order valence-corrected chi connectivity index (χ0v) is 21.7. The third-order valence-electron chi connectivity index (χ3n) is 6.90. The number of β-amino-alcohol motifs (C(OH)–C–C–N with tert-alkyl or cyclic N) is 1.